The summed E-state index contributed by atoms with van der Waals surface area (Å²) < 4.78 is 21.0. The number of hydrogen-bond acceptors (Lipinski definition) is 1. The zero-order chi connectivity index (χ0) is 16.3. The first kappa shape index (κ1) is 20.3. The van der Waals surface area contributed by atoms with Gasteiger partial charge in [0.15, 0.2) is 7.51 Å². The topological polar surface area (TPSA) is 40.9 Å². The summed E-state index contributed by atoms with van der Waals surface area (Å²) in [4.78, 5) is 0. The quantitative estimate of drug-likeness (QED) is 0.701. The van der Waals surface area contributed by atoms with Gasteiger partial charge >= 0.3 is 0 Å². The van der Waals surface area contributed by atoms with E-state index in [0.717, 1.165) is 0 Å². The zero-order valence-electron chi connectivity index (χ0n) is 15.0. The van der Waals surface area contributed by atoms with Crippen LogP contribution in [0.2, 0.25) is 0 Å². The van der Waals surface area contributed by atoms with E-state index < -0.39 is 15.0 Å². The molecule has 0 spiro atoms. The molecule has 122 valence electrons. The summed E-state index contributed by atoms with van der Waals surface area (Å²) in [6.45, 7) is 0. The van der Waals surface area contributed by atoms with E-state index in [1.54, 1.807) is 0 Å². The molecule has 0 heterocycles. The minimum absolute atomic E-state index is 1.87. The van der Waals surface area contributed by atoms with Crippen LogP contribution in [0.25, 0.3) is 0 Å². The first-order valence-electron chi connectivity index (χ1n) is 6.52. The molecule has 0 rings (SSSR count). The molecular weight excluding hydrogens is 292 g/mol. The van der Waals surface area contributed by atoms with E-state index in [0.29, 0.717) is 0 Å². The predicted molar refractivity (Wildman–Crippen MR) is 93.1 cm³/mol. The lowest BCUT2D eigenvalue weighted by Crippen LogP contribution is -2.32. The van der Waals surface area contributed by atoms with Gasteiger partial charge in [0.2, 0.25) is 7.51 Å². The van der Waals surface area contributed by atoms with Gasteiger partial charge in [0, 0.05) is 7.05 Å². The van der Waals surface area contributed by atoms with Gasteiger partial charge in [0.05, 0.1) is 0 Å². The van der Waals surface area contributed by atoms with Gasteiger partial charge in [-0.25, -0.2) is 9.34 Å². The molecule has 0 aliphatic heterocycles. The summed E-state index contributed by atoms with van der Waals surface area (Å²) in [5.41, 5.74) is 0. The van der Waals surface area contributed by atoms with Crippen molar-refractivity contribution in [3.05, 3.63) is 0 Å². The molecule has 0 saturated carbocycles. The van der Waals surface area contributed by atoms with Gasteiger partial charge in [-0.05, 0) is 70.5 Å². The van der Waals surface area contributed by atoms with E-state index in [1.165, 1.54) is 0 Å². The molecule has 0 aliphatic rings. The molecule has 0 bridgehead atoms. The van der Waals surface area contributed by atoms with Crippen LogP contribution in [0.5, 0.6) is 0 Å². The molecule has 0 aliphatic carbocycles. The number of rotatable bonds is 6. The van der Waals surface area contributed by atoms with Crippen LogP contribution in [0, 0.1) is 0 Å². The van der Waals surface area contributed by atoms with Crippen LogP contribution in [-0.4, -0.2) is 101 Å². The highest BCUT2D eigenvalue weighted by Gasteiger charge is 2.35. The van der Waals surface area contributed by atoms with E-state index in [-0.39, 0.29) is 0 Å². The molecule has 0 atom stereocenters. The van der Waals surface area contributed by atoms with Crippen LogP contribution >= 0.6 is 15.0 Å². The second-order valence-electron chi connectivity index (χ2n) is 5.60. The Hall–Kier alpha value is 0.260. The van der Waals surface area contributed by atoms with E-state index in [1.807, 2.05) is 7.05 Å². The van der Waals surface area contributed by atoms with Crippen LogP contribution in [0.3, 0.4) is 0 Å². The molecule has 9 heteroatoms. The maximum absolute atomic E-state index is 5.34. The monoisotopic (exact) mass is 325 g/mol. The first-order valence-corrected chi connectivity index (χ1v) is 9.72. The first-order chi connectivity index (χ1) is 8.98. The number of hydrogen-bond donors (Lipinski definition) is 0. The van der Waals surface area contributed by atoms with Crippen molar-refractivity contribution < 1.29 is 0 Å². The molecule has 0 radical (unpaired) electrons. The third-order valence-electron chi connectivity index (χ3n) is 3.19. The Labute approximate surface area is 126 Å². The van der Waals surface area contributed by atoms with Crippen LogP contribution in [-0.2, 0) is 0 Å². The molecule has 20 heavy (non-hydrogen) atoms. The average molecular weight is 325 g/mol. The normalized spacial score (nSPS) is 14.0. The number of nitrogens with zero attached hydrogens (tertiary/aromatic N) is 7. The fraction of sp³-hybridized carbons (Fsp3) is 1.00. The molecule has 0 saturated heterocycles. The Morgan fingerprint density at radius 2 is 0.850 bits per heavy atom. The van der Waals surface area contributed by atoms with Crippen LogP contribution < -0.4 is 0 Å². The summed E-state index contributed by atoms with van der Waals surface area (Å²) in [6, 6.07) is 0. The van der Waals surface area contributed by atoms with Crippen molar-refractivity contribution in [1.29, 1.82) is 0 Å². The summed E-state index contributed by atoms with van der Waals surface area (Å²) in [5, 5.41) is 0. The van der Waals surface area contributed by atoms with Crippen molar-refractivity contribution in [2.75, 3.05) is 77.5 Å². The van der Waals surface area contributed by atoms with Gasteiger partial charge in [-0.15, -0.1) is 0 Å². The SMILES string of the molecule is CN=P(N=P(N(C)C)(N(C)C)N(C)C)(N(C)C)N(C)C. The van der Waals surface area contributed by atoms with Gasteiger partial charge in [0.1, 0.15) is 0 Å². The van der Waals surface area contributed by atoms with E-state index in [2.05, 4.69) is 93.8 Å². The Morgan fingerprint density at radius 3 is 1.00 bits per heavy atom. The fourth-order valence-electron chi connectivity index (χ4n) is 2.39. The van der Waals surface area contributed by atoms with E-state index >= 15 is 0 Å². The highest BCUT2D eigenvalue weighted by atomic mass is 31.2. The van der Waals surface area contributed by atoms with Gasteiger partial charge in [-0.2, -0.15) is 4.52 Å². The largest absolute Gasteiger partial charge is 0.258 e. The lowest BCUT2D eigenvalue weighted by molar-refractivity contribution is 0.472. The lowest BCUT2D eigenvalue weighted by Gasteiger charge is -2.44. The molecular formula is C11H33N7P2. The maximum Gasteiger partial charge on any atom is 0.212 e. The Kier molecular flexibility index (Phi) is 7.60. The molecule has 0 aromatic rings. The second kappa shape index (κ2) is 7.50. The summed E-state index contributed by atoms with van der Waals surface area (Å²) in [5.74, 6) is 0. The highest BCUT2D eigenvalue weighted by Crippen LogP contribution is 2.67. The zero-order valence-corrected chi connectivity index (χ0v) is 16.8. The minimum atomic E-state index is -2.06. The van der Waals surface area contributed by atoms with Crippen molar-refractivity contribution in [2.24, 2.45) is 9.26 Å². The summed E-state index contributed by atoms with van der Waals surface area (Å²) >= 11 is 0. The van der Waals surface area contributed by atoms with Crippen LogP contribution in [0.15, 0.2) is 9.26 Å². The highest BCUT2D eigenvalue weighted by molar-refractivity contribution is 7.71. The predicted octanol–water partition coefficient (Wildman–Crippen LogP) is 2.32. The Bertz CT molecular complexity index is 372. The van der Waals surface area contributed by atoms with Gasteiger partial charge in [-0.3, -0.25) is 18.8 Å². The Morgan fingerprint density at radius 1 is 0.550 bits per heavy atom. The second-order valence-corrected chi connectivity index (χ2v) is 12.9. The average Bonchev–Trinajstić information content (AvgIpc) is 2.28. The molecule has 7 nitrogen and oxygen atoms in total. The molecule has 0 unspecified atom stereocenters. The molecule has 0 N–H and O–H groups in total. The molecule has 0 aromatic heterocycles. The summed E-state index contributed by atoms with van der Waals surface area (Å²) in [6.07, 6.45) is 0. The summed E-state index contributed by atoms with van der Waals surface area (Å²) in [7, 11) is 18.6. The van der Waals surface area contributed by atoms with Gasteiger partial charge < -0.3 is 0 Å². The van der Waals surface area contributed by atoms with E-state index in [4.69, 9.17) is 9.26 Å². The molecule has 0 amide bonds. The third-order valence-corrected chi connectivity index (χ3v) is 11.0. The van der Waals surface area contributed by atoms with Crippen molar-refractivity contribution in [2.45, 2.75) is 0 Å². The van der Waals surface area contributed by atoms with Crippen molar-refractivity contribution >= 4 is 15.0 Å². The van der Waals surface area contributed by atoms with Crippen molar-refractivity contribution in [3.8, 4) is 0 Å². The minimum Gasteiger partial charge on any atom is -0.258 e. The van der Waals surface area contributed by atoms with Gasteiger partial charge in [0.25, 0.3) is 0 Å². The fourth-order valence-corrected chi connectivity index (χ4v) is 10.8. The van der Waals surface area contributed by atoms with Gasteiger partial charge in [-0.1, -0.05) is 0 Å². The standard InChI is InChI=1S/C11H33N7P2/c1-12-19(14(2)3,15(4)5)13-20(16(6)7,17(8)9)18(10)11/h1-11H3. The lowest BCUT2D eigenvalue weighted by atomic mass is 11.2. The maximum atomic E-state index is 5.34. The Balaban J connectivity index is 6.57. The van der Waals surface area contributed by atoms with Crippen molar-refractivity contribution in [1.82, 2.24) is 23.4 Å². The smallest absolute Gasteiger partial charge is 0.212 e. The van der Waals surface area contributed by atoms with Crippen molar-refractivity contribution in [3.63, 3.8) is 0 Å². The molecule has 0 aromatic carbocycles. The molecule has 0 fully saturated rings. The van der Waals surface area contributed by atoms with E-state index in [9.17, 15) is 0 Å². The van der Waals surface area contributed by atoms with Crippen LogP contribution in [0.1, 0.15) is 0 Å². The third kappa shape index (κ3) is 3.53. The van der Waals surface area contributed by atoms with Crippen LogP contribution in [0.4, 0.5) is 0 Å².